The predicted molar refractivity (Wildman–Crippen MR) is 80.8 cm³/mol. The first-order valence-corrected chi connectivity index (χ1v) is 7.90. The third-order valence-electron chi connectivity index (χ3n) is 3.88. The summed E-state index contributed by atoms with van der Waals surface area (Å²) >= 11 is 0. The molecule has 0 aromatic heterocycles. The number of rotatable bonds is 7. The Kier molecular flexibility index (Phi) is 6.64. The molecule has 1 aliphatic rings. The van der Waals surface area contributed by atoms with E-state index in [0.29, 0.717) is 6.42 Å². The van der Waals surface area contributed by atoms with Crippen molar-refractivity contribution in [3.63, 3.8) is 0 Å². The summed E-state index contributed by atoms with van der Waals surface area (Å²) in [5, 5.41) is 20.3. The molecule has 1 heterocycles. The molecule has 0 bridgehead atoms. The van der Waals surface area contributed by atoms with Gasteiger partial charge in [-0.25, -0.2) is 0 Å². The van der Waals surface area contributed by atoms with Gasteiger partial charge in [-0.05, 0) is 6.42 Å². The van der Waals surface area contributed by atoms with E-state index < -0.39 is 24.6 Å². The molecule has 4 atom stereocenters. The highest BCUT2D eigenvalue weighted by atomic mass is 16.7. The van der Waals surface area contributed by atoms with E-state index in [0.717, 1.165) is 18.4 Å². The Bertz CT molecular complexity index is 395. The highest BCUT2D eigenvalue weighted by molar-refractivity contribution is 5.16. The molecule has 1 aromatic rings. The van der Waals surface area contributed by atoms with Gasteiger partial charge in [0.15, 0.2) is 6.29 Å². The summed E-state index contributed by atoms with van der Waals surface area (Å²) in [4.78, 5) is 0. The molecule has 2 rings (SSSR count). The molecule has 0 spiro atoms. The monoisotopic (exact) mass is 294 g/mol. The minimum absolute atomic E-state index is 0.191. The number of aliphatic hydroxyl groups is 2. The van der Waals surface area contributed by atoms with Crippen LogP contribution in [-0.4, -0.2) is 35.1 Å². The van der Waals surface area contributed by atoms with Crippen molar-refractivity contribution in [3.8, 4) is 0 Å². The Morgan fingerprint density at radius 3 is 2.67 bits per heavy atom. The second kappa shape index (κ2) is 8.49. The number of hydrogen-bond donors (Lipinski definition) is 2. The van der Waals surface area contributed by atoms with E-state index in [-0.39, 0.29) is 6.61 Å². The summed E-state index contributed by atoms with van der Waals surface area (Å²) in [5.74, 6) is 0. The topological polar surface area (TPSA) is 58.9 Å². The van der Waals surface area contributed by atoms with Crippen LogP contribution in [-0.2, 0) is 9.47 Å². The van der Waals surface area contributed by atoms with Crippen LogP contribution in [0.25, 0.3) is 0 Å². The van der Waals surface area contributed by atoms with Crippen LogP contribution in [0.2, 0.25) is 0 Å². The van der Waals surface area contributed by atoms with Crippen LogP contribution in [0.1, 0.15) is 50.9 Å². The molecule has 1 fully saturated rings. The minimum Gasteiger partial charge on any atom is -0.390 e. The van der Waals surface area contributed by atoms with Gasteiger partial charge >= 0.3 is 0 Å². The maximum Gasteiger partial charge on any atom is 0.184 e. The maximum absolute atomic E-state index is 10.3. The highest BCUT2D eigenvalue weighted by Gasteiger charge is 2.35. The second-order valence-corrected chi connectivity index (χ2v) is 5.66. The molecule has 1 aliphatic heterocycles. The molecule has 0 radical (unpaired) electrons. The Labute approximate surface area is 126 Å². The van der Waals surface area contributed by atoms with E-state index in [4.69, 9.17) is 9.47 Å². The van der Waals surface area contributed by atoms with Crippen LogP contribution in [0.4, 0.5) is 0 Å². The molecule has 21 heavy (non-hydrogen) atoms. The van der Waals surface area contributed by atoms with Crippen molar-refractivity contribution in [2.75, 3.05) is 6.61 Å². The van der Waals surface area contributed by atoms with Gasteiger partial charge in [0.1, 0.15) is 12.2 Å². The molecule has 0 aliphatic carbocycles. The smallest absolute Gasteiger partial charge is 0.184 e. The van der Waals surface area contributed by atoms with Gasteiger partial charge in [0.2, 0.25) is 0 Å². The molecule has 118 valence electrons. The maximum atomic E-state index is 10.3. The molecule has 4 heteroatoms. The predicted octanol–water partition coefficient (Wildman–Crippen LogP) is 2.79. The summed E-state index contributed by atoms with van der Waals surface area (Å²) in [6, 6.07) is 9.62. The van der Waals surface area contributed by atoms with Crippen molar-refractivity contribution >= 4 is 0 Å². The van der Waals surface area contributed by atoms with Crippen LogP contribution in [0.3, 0.4) is 0 Å². The van der Waals surface area contributed by atoms with E-state index in [1.54, 1.807) is 0 Å². The van der Waals surface area contributed by atoms with Crippen molar-refractivity contribution < 1.29 is 19.7 Å². The lowest BCUT2D eigenvalue weighted by Gasteiger charge is -2.36. The van der Waals surface area contributed by atoms with Crippen molar-refractivity contribution in [2.24, 2.45) is 0 Å². The molecule has 3 unspecified atom stereocenters. The molecule has 2 N–H and O–H groups in total. The molecule has 0 saturated carbocycles. The van der Waals surface area contributed by atoms with Crippen LogP contribution in [0.5, 0.6) is 0 Å². The zero-order valence-corrected chi connectivity index (χ0v) is 12.6. The fourth-order valence-corrected chi connectivity index (χ4v) is 2.63. The lowest BCUT2D eigenvalue weighted by molar-refractivity contribution is -0.276. The van der Waals surface area contributed by atoms with Crippen LogP contribution in [0.15, 0.2) is 30.3 Å². The number of benzene rings is 1. The second-order valence-electron chi connectivity index (χ2n) is 5.66. The van der Waals surface area contributed by atoms with Crippen molar-refractivity contribution in [3.05, 3.63) is 35.9 Å². The summed E-state index contributed by atoms with van der Waals surface area (Å²) in [5.41, 5.74) is 0.910. The van der Waals surface area contributed by atoms with E-state index >= 15 is 0 Å². The van der Waals surface area contributed by atoms with Crippen molar-refractivity contribution in [2.45, 2.75) is 63.6 Å². The Balaban J connectivity index is 1.88. The van der Waals surface area contributed by atoms with Crippen LogP contribution in [0, 0.1) is 0 Å². The zero-order valence-electron chi connectivity index (χ0n) is 12.6. The summed E-state index contributed by atoms with van der Waals surface area (Å²) in [7, 11) is 0. The Morgan fingerprint density at radius 1 is 1.19 bits per heavy atom. The van der Waals surface area contributed by atoms with Crippen molar-refractivity contribution in [1.82, 2.24) is 0 Å². The molecular formula is C17H26O4. The molecular weight excluding hydrogens is 268 g/mol. The molecule has 0 amide bonds. The van der Waals surface area contributed by atoms with E-state index in [1.807, 2.05) is 30.3 Å². The number of ether oxygens (including phenoxy) is 2. The molecule has 4 nitrogen and oxygen atoms in total. The van der Waals surface area contributed by atoms with Crippen molar-refractivity contribution in [1.29, 1.82) is 0 Å². The van der Waals surface area contributed by atoms with Gasteiger partial charge in [-0.15, -0.1) is 0 Å². The van der Waals surface area contributed by atoms with Gasteiger partial charge < -0.3 is 19.7 Å². The van der Waals surface area contributed by atoms with Gasteiger partial charge in [-0.3, -0.25) is 0 Å². The van der Waals surface area contributed by atoms with E-state index in [1.165, 1.54) is 12.8 Å². The number of hydrogen-bond acceptors (Lipinski definition) is 4. The van der Waals surface area contributed by atoms with E-state index in [2.05, 4.69) is 6.92 Å². The standard InChI is InChI=1S/C17H26O4/c1-2-3-4-8-11-14(18)16-15(19)12-20-17(21-16)13-9-6-5-7-10-13/h5-7,9-10,14-19H,2-4,8,11-12H2,1H3/t14-,15?,16?,17?/m1/s1. The first-order valence-electron chi connectivity index (χ1n) is 7.90. The Hall–Kier alpha value is -0.940. The quantitative estimate of drug-likeness (QED) is 0.759. The average molecular weight is 294 g/mol. The third kappa shape index (κ3) is 4.78. The number of aliphatic hydroxyl groups excluding tert-OH is 2. The lowest BCUT2D eigenvalue weighted by Crippen LogP contribution is -2.47. The zero-order chi connectivity index (χ0) is 15.1. The van der Waals surface area contributed by atoms with Gasteiger partial charge in [0.05, 0.1) is 12.7 Å². The summed E-state index contributed by atoms with van der Waals surface area (Å²) in [6.45, 7) is 2.35. The molecule has 1 saturated heterocycles. The number of unbranched alkanes of at least 4 members (excludes halogenated alkanes) is 3. The van der Waals surface area contributed by atoms with E-state index in [9.17, 15) is 10.2 Å². The lowest BCUT2D eigenvalue weighted by atomic mass is 10.0. The summed E-state index contributed by atoms with van der Waals surface area (Å²) in [6.07, 6.45) is 2.56. The first kappa shape index (κ1) is 16.4. The average Bonchev–Trinajstić information content (AvgIpc) is 2.52. The molecule has 1 aromatic carbocycles. The van der Waals surface area contributed by atoms with Crippen LogP contribution >= 0.6 is 0 Å². The van der Waals surface area contributed by atoms with Gasteiger partial charge in [0, 0.05) is 5.56 Å². The Morgan fingerprint density at radius 2 is 1.95 bits per heavy atom. The fraction of sp³-hybridized carbons (Fsp3) is 0.647. The van der Waals surface area contributed by atoms with Gasteiger partial charge in [0.25, 0.3) is 0 Å². The normalized spacial score (nSPS) is 27.5. The largest absolute Gasteiger partial charge is 0.390 e. The SMILES string of the molecule is CCCCCC[C@@H](O)C1OC(c2ccccc2)OCC1O. The summed E-state index contributed by atoms with van der Waals surface area (Å²) < 4.78 is 11.3. The fourth-order valence-electron chi connectivity index (χ4n) is 2.63. The highest BCUT2D eigenvalue weighted by Crippen LogP contribution is 2.29. The third-order valence-corrected chi connectivity index (χ3v) is 3.88. The van der Waals surface area contributed by atoms with Crippen LogP contribution < -0.4 is 0 Å². The van der Waals surface area contributed by atoms with Gasteiger partial charge in [-0.2, -0.15) is 0 Å². The minimum atomic E-state index is -0.772. The first-order chi connectivity index (χ1) is 10.2. The van der Waals surface area contributed by atoms with Gasteiger partial charge in [-0.1, -0.05) is 62.9 Å².